The molecule has 1 fully saturated rings. The summed E-state index contributed by atoms with van der Waals surface area (Å²) >= 11 is 0. The van der Waals surface area contributed by atoms with Crippen LogP contribution in [0.3, 0.4) is 0 Å². The van der Waals surface area contributed by atoms with Crippen LogP contribution in [0.1, 0.15) is 26.2 Å². The van der Waals surface area contributed by atoms with E-state index in [0.29, 0.717) is 6.42 Å². The molecule has 0 radical (unpaired) electrons. The average Bonchev–Trinajstić information content (AvgIpc) is 2.29. The number of hydrogen-bond acceptors (Lipinski definition) is 6. The predicted octanol–water partition coefficient (Wildman–Crippen LogP) is -1.66. The number of hydrogen-bond donors (Lipinski definition) is 5. The van der Waals surface area contributed by atoms with E-state index in [2.05, 4.69) is 0 Å². The predicted molar refractivity (Wildman–Crippen MR) is 54.5 cm³/mol. The van der Waals surface area contributed by atoms with E-state index < -0.39 is 36.8 Å². The SMILES string of the molecule is CCCC[C@@]1(O)O[C@H](CO)[C@H](O)[C@H](O)[C@H]1O. The minimum absolute atomic E-state index is 0.144. The topological polar surface area (TPSA) is 110 Å². The number of unbranched alkanes of at least 4 members (excludes halogenated alkanes) is 1. The second-order valence-electron chi connectivity index (χ2n) is 4.21. The van der Waals surface area contributed by atoms with Gasteiger partial charge in [0.05, 0.1) is 6.61 Å². The number of aliphatic hydroxyl groups is 5. The molecule has 6 nitrogen and oxygen atoms in total. The van der Waals surface area contributed by atoms with Crippen LogP contribution in [-0.2, 0) is 4.74 Å². The molecule has 1 rings (SSSR count). The molecule has 5 N–H and O–H groups in total. The lowest BCUT2D eigenvalue weighted by molar-refractivity contribution is -0.351. The largest absolute Gasteiger partial charge is 0.394 e. The Bertz CT molecular complexity index is 221. The van der Waals surface area contributed by atoms with Crippen LogP contribution >= 0.6 is 0 Å². The summed E-state index contributed by atoms with van der Waals surface area (Å²) < 4.78 is 5.07. The Kier molecular flexibility index (Phi) is 4.66. The third-order valence-corrected chi connectivity index (χ3v) is 2.94. The van der Waals surface area contributed by atoms with Crippen molar-refractivity contribution < 1.29 is 30.3 Å². The maximum atomic E-state index is 10.0. The molecule has 0 aromatic heterocycles. The highest BCUT2D eigenvalue weighted by molar-refractivity contribution is 4.95. The summed E-state index contributed by atoms with van der Waals surface area (Å²) in [6.07, 6.45) is -4.04. The highest BCUT2D eigenvalue weighted by Crippen LogP contribution is 2.31. The van der Waals surface area contributed by atoms with Gasteiger partial charge >= 0.3 is 0 Å². The first-order valence-corrected chi connectivity index (χ1v) is 5.51. The van der Waals surface area contributed by atoms with E-state index in [1.165, 1.54) is 0 Å². The van der Waals surface area contributed by atoms with Gasteiger partial charge in [0.25, 0.3) is 0 Å². The molecule has 0 spiro atoms. The van der Waals surface area contributed by atoms with Crippen molar-refractivity contribution in [3.8, 4) is 0 Å². The van der Waals surface area contributed by atoms with Gasteiger partial charge in [-0.3, -0.25) is 0 Å². The molecule has 0 bridgehead atoms. The molecule has 0 aromatic rings. The molecule has 96 valence electrons. The first-order chi connectivity index (χ1) is 7.46. The van der Waals surface area contributed by atoms with Crippen molar-refractivity contribution >= 4 is 0 Å². The molecule has 0 amide bonds. The molecule has 1 aliphatic heterocycles. The van der Waals surface area contributed by atoms with Crippen molar-refractivity contribution in [2.45, 2.75) is 56.4 Å². The van der Waals surface area contributed by atoms with Crippen molar-refractivity contribution in [1.82, 2.24) is 0 Å². The van der Waals surface area contributed by atoms with Gasteiger partial charge in [0.1, 0.15) is 24.4 Å². The van der Waals surface area contributed by atoms with E-state index in [4.69, 9.17) is 9.84 Å². The number of aliphatic hydroxyl groups excluding tert-OH is 4. The van der Waals surface area contributed by atoms with Crippen LogP contribution in [0.5, 0.6) is 0 Å². The summed E-state index contributed by atoms with van der Waals surface area (Å²) in [5.74, 6) is -1.90. The van der Waals surface area contributed by atoms with Crippen LogP contribution in [0.4, 0.5) is 0 Å². The molecule has 0 saturated carbocycles. The van der Waals surface area contributed by atoms with E-state index in [1.54, 1.807) is 0 Å². The van der Waals surface area contributed by atoms with E-state index in [-0.39, 0.29) is 6.42 Å². The van der Waals surface area contributed by atoms with Gasteiger partial charge in [-0.25, -0.2) is 0 Å². The molecule has 0 aliphatic carbocycles. The van der Waals surface area contributed by atoms with Crippen LogP contribution in [0.25, 0.3) is 0 Å². The molecule has 1 saturated heterocycles. The van der Waals surface area contributed by atoms with Crippen LogP contribution in [0.2, 0.25) is 0 Å². The van der Waals surface area contributed by atoms with Gasteiger partial charge in [-0.05, 0) is 6.42 Å². The molecule has 1 aliphatic rings. The van der Waals surface area contributed by atoms with Gasteiger partial charge in [-0.2, -0.15) is 0 Å². The van der Waals surface area contributed by atoms with E-state index >= 15 is 0 Å². The summed E-state index contributed by atoms with van der Waals surface area (Å²) in [7, 11) is 0. The monoisotopic (exact) mass is 236 g/mol. The minimum Gasteiger partial charge on any atom is -0.394 e. The maximum absolute atomic E-state index is 10.0. The normalized spacial score (nSPS) is 44.6. The maximum Gasteiger partial charge on any atom is 0.195 e. The van der Waals surface area contributed by atoms with Crippen molar-refractivity contribution in [2.75, 3.05) is 6.61 Å². The van der Waals surface area contributed by atoms with E-state index in [0.717, 1.165) is 6.42 Å². The van der Waals surface area contributed by atoms with Gasteiger partial charge in [0.15, 0.2) is 5.79 Å². The lowest BCUT2D eigenvalue weighted by atomic mass is 9.90. The Morgan fingerprint density at radius 2 is 1.81 bits per heavy atom. The van der Waals surface area contributed by atoms with Gasteiger partial charge in [0.2, 0.25) is 0 Å². The summed E-state index contributed by atoms with van der Waals surface area (Å²) in [5, 5.41) is 47.6. The fourth-order valence-electron chi connectivity index (χ4n) is 1.86. The van der Waals surface area contributed by atoms with Crippen molar-refractivity contribution in [2.24, 2.45) is 0 Å². The van der Waals surface area contributed by atoms with Gasteiger partial charge in [-0.1, -0.05) is 13.3 Å². The van der Waals surface area contributed by atoms with Gasteiger partial charge < -0.3 is 30.3 Å². The first kappa shape index (κ1) is 13.8. The Morgan fingerprint density at radius 1 is 1.19 bits per heavy atom. The molecule has 1 heterocycles. The number of ether oxygens (including phenoxy) is 1. The quantitative estimate of drug-likeness (QED) is 0.399. The summed E-state index contributed by atoms with van der Waals surface area (Å²) in [4.78, 5) is 0. The smallest absolute Gasteiger partial charge is 0.195 e. The van der Waals surface area contributed by atoms with Gasteiger partial charge in [0, 0.05) is 6.42 Å². The highest BCUT2D eigenvalue weighted by Gasteiger charge is 2.51. The lowest BCUT2D eigenvalue weighted by Crippen LogP contribution is -2.65. The standard InChI is InChI=1S/C10H20O6/c1-2-3-4-10(15)9(14)8(13)7(12)6(5-11)16-10/h6-9,11-15H,2-5H2,1H3/t6-,7+,8+,9-,10-/m1/s1. The fraction of sp³-hybridized carbons (Fsp3) is 1.00. The molecular formula is C10H20O6. The lowest BCUT2D eigenvalue weighted by Gasteiger charge is -2.45. The zero-order valence-corrected chi connectivity index (χ0v) is 9.28. The Morgan fingerprint density at radius 3 is 2.31 bits per heavy atom. The molecule has 6 heteroatoms. The van der Waals surface area contributed by atoms with Crippen LogP contribution in [0.15, 0.2) is 0 Å². The highest BCUT2D eigenvalue weighted by atomic mass is 16.7. The van der Waals surface area contributed by atoms with Crippen molar-refractivity contribution in [3.63, 3.8) is 0 Å². The number of rotatable bonds is 4. The molecule has 5 atom stereocenters. The summed E-state index contributed by atoms with van der Waals surface area (Å²) in [5.41, 5.74) is 0. The van der Waals surface area contributed by atoms with Crippen LogP contribution in [0, 0.1) is 0 Å². The molecule has 16 heavy (non-hydrogen) atoms. The van der Waals surface area contributed by atoms with Gasteiger partial charge in [-0.15, -0.1) is 0 Å². The first-order valence-electron chi connectivity index (χ1n) is 5.51. The molecule has 0 unspecified atom stereocenters. The molecular weight excluding hydrogens is 216 g/mol. The second kappa shape index (κ2) is 5.39. The average molecular weight is 236 g/mol. The second-order valence-corrected chi connectivity index (χ2v) is 4.21. The summed E-state index contributed by atoms with van der Waals surface area (Å²) in [6.45, 7) is 1.38. The Labute approximate surface area is 94.1 Å². The van der Waals surface area contributed by atoms with E-state index in [1.807, 2.05) is 6.92 Å². The Hall–Kier alpha value is -0.240. The zero-order valence-electron chi connectivity index (χ0n) is 9.28. The van der Waals surface area contributed by atoms with Crippen LogP contribution < -0.4 is 0 Å². The third-order valence-electron chi connectivity index (χ3n) is 2.94. The Balaban J connectivity index is 2.76. The van der Waals surface area contributed by atoms with Crippen molar-refractivity contribution in [3.05, 3.63) is 0 Å². The minimum atomic E-state index is -1.90. The van der Waals surface area contributed by atoms with E-state index in [9.17, 15) is 20.4 Å². The molecule has 0 aromatic carbocycles. The third kappa shape index (κ3) is 2.53. The van der Waals surface area contributed by atoms with Crippen molar-refractivity contribution in [1.29, 1.82) is 0 Å². The van der Waals surface area contributed by atoms with Crippen LogP contribution in [-0.4, -0.2) is 62.3 Å². The zero-order chi connectivity index (χ0) is 12.3. The summed E-state index contributed by atoms with van der Waals surface area (Å²) in [6, 6.07) is 0. The fourth-order valence-corrected chi connectivity index (χ4v) is 1.86.